The normalized spacial score (nSPS) is 10.5. The van der Waals surface area contributed by atoms with Gasteiger partial charge in [0.1, 0.15) is 5.69 Å². The highest BCUT2D eigenvalue weighted by Crippen LogP contribution is 2.26. The predicted octanol–water partition coefficient (Wildman–Crippen LogP) is 4.45. The molecule has 156 valence electrons. The summed E-state index contributed by atoms with van der Waals surface area (Å²) in [5.41, 5.74) is 2.27. The van der Waals surface area contributed by atoms with E-state index >= 15 is 0 Å². The van der Waals surface area contributed by atoms with Gasteiger partial charge in [-0.1, -0.05) is 42.5 Å². The molecule has 0 atom stereocenters. The van der Waals surface area contributed by atoms with Gasteiger partial charge in [-0.2, -0.15) is 0 Å². The number of benzene rings is 3. The molecule has 0 aliphatic heterocycles. The number of nitrogens with one attached hydrogen (secondary N) is 3. The van der Waals surface area contributed by atoms with Crippen LogP contribution in [0.25, 0.3) is 10.9 Å². The number of H-pyrrole nitrogens is 1. The Kier molecular flexibility index (Phi) is 5.84. The van der Waals surface area contributed by atoms with Gasteiger partial charge in [0.05, 0.1) is 18.5 Å². The lowest BCUT2D eigenvalue weighted by Gasteiger charge is -2.13. The van der Waals surface area contributed by atoms with Crippen LogP contribution in [0.5, 0.6) is 11.5 Å². The number of methoxy groups -OCH3 is 1. The van der Waals surface area contributed by atoms with Gasteiger partial charge in [0, 0.05) is 10.9 Å². The standard InChI is InChI=1S/C24H21N3O4/c1-30-21-12-6-7-13-22(21)31-15-23(28)26-18-10-4-5-11-19(18)27-24(29)20-14-16-8-2-3-9-17(16)25-20/h2-14,25H,15H2,1H3,(H,26,28)(H,27,29). The second kappa shape index (κ2) is 9.04. The Labute approximate surface area is 179 Å². The minimum atomic E-state index is -0.363. The van der Waals surface area contributed by atoms with Gasteiger partial charge in [-0.25, -0.2) is 0 Å². The Hall–Kier alpha value is -4.26. The predicted molar refractivity (Wildman–Crippen MR) is 120 cm³/mol. The second-order valence-corrected chi connectivity index (χ2v) is 6.76. The first-order valence-corrected chi connectivity index (χ1v) is 9.68. The molecule has 4 rings (SSSR count). The molecule has 3 aromatic carbocycles. The SMILES string of the molecule is COc1ccccc1OCC(=O)Nc1ccccc1NC(=O)c1cc2ccccc2[nH]1. The fourth-order valence-electron chi connectivity index (χ4n) is 3.15. The number of aromatic amines is 1. The minimum Gasteiger partial charge on any atom is -0.493 e. The number of fused-ring (bicyclic) bond motifs is 1. The molecule has 0 fully saturated rings. The van der Waals surface area contributed by atoms with Crippen molar-refractivity contribution in [2.75, 3.05) is 24.4 Å². The number of carbonyl (C=O) groups is 2. The van der Waals surface area contributed by atoms with Gasteiger partial charge < -0.3 is 25.1 Å². The first-order chi connectivity index (χ1) is 15.1. The van der Waals surface area contributed by atoms with Crippen molar-refractivity contribution < 1.29 is 19.1 Å². The quantitative estimate of drug-likeness (QED) is 0.416. The van der Waals surface area contributed by atoms with E-state index in [4.69, 9.17) is 9.47 Å². The average Bonchev–Trinajstić information content (AvgIpc) is 3.24. The Balaban J connectivity index is 1.43. The number of anilines is 2. The molecule has 2 amide bonds. The molecule has 0 aliphatic carbocycles. The number of para-hydroxylation sites is 5. The molecule has 7 nitrogen and oxygen atoms in total. The smallest absolute Gasteiger partial charge is 0.272 e. The molecule has 0 saturated heterocycles. The maximum atomic E-state index is 12.7. The van der Waals surface area contributed by atoms with Crippen molar-refractivity contribution in [2.45, 2.75) is 0 Å². The molecule has 4 aromatic rings. The van der Waals surface area contributed by atoms with E-state index in [1.54, 1.807) is 48.5 Å². The van der Waals surface area contributed by atoms with Crippen LogP contribution in [0.1, 0.15) is 10.5 Å². The molecule has 1 aromatic heterocycles. The third kappa shape index (κ3) is 4.67. The summed E-state index contributed by atoms with van der Waals surface area (Å²) in [6.07, 6.45) is 0. The van der Waals surface area contributed by atoms with Crippen LogP contribution >= 0.6 is 0 Å². The van der Waals surface area contributed by atoms with Gasteiger partial charge in [0.2, 0.25) is 0 Å². The second-order valence-electron chi connectivity index (χ2n) is 6.76. The Bertz CT molecular complexity index is 1200. The van der Waals surface area contributed by atoms with Crippen molar-refractivity contribution in [3.63, 3.8) is 0 Å². The lowest BCUT2D eigenvalue weighted by atomic mass is 10.2. The van der Waals surface area contributed by atoms with Crippen LogP contribution < -0.4 is 20.1 Å². The molecule has 0 radical (unpaired) electrons. The molecule has 0 unspecified atom stereocenters. The summed E-state index contributed by atoms with van der Waals surface area (Å²) in [6, 6.07) is 23.5. The van der Waals surface area contributed by atoms with Crippen LogP contribution in [0.4, 0.5) is 11.4 Å². The lowest BCUT2D eigenvalue weighted by Crippen LogP contribution is -2.22. The fraction of sp³-hybridized carbons (Fsp3) is 0.0833. The number of hydrogen-bond donors (Lipinski definition) is 3. The van der Waals surface area contributed by atoms with Crippen LogP contribution in [0.15, 0.2) is 78.9 Å². The number of amides is 2. The molecule has 3 N–H and O–H groups in total. The molecule has 31 heavy (non-hydrogen) atoms. The molecule has 0 bridgehead atoms. The first-order valence-electron chi connectivity index (χ1n) is 9.68. The van der Waals surface area contributed by atoms with Gasteiger partial charge in [0.15, 0.2) is 18.1 Å². The van der Waals surface area contributed by atoms with Crippen LogP contribution in [0, 0.1) is 0 Å². The van der Waals surface area contributed by atoms with Crippen molar-refractivity contribution in [3.05, 3.63) is 84.6 Å². The topological polar surface area (TPSA) is 92.4 Å². The minimum absolute atomic E-state index is 0.204. The van der Waals surface area contributed by atoms with E-state index in [9.17, 15) is 9.59 Å². The summed E-state index contributed by atoms with van der Waals surface area (Å²) in [5, 5.41) is 6.56. The Morgan fingerprint density at radius 3 is 2.23 bits per heavy atom. The summed E-state index contributed by atoms with van der Waals surface area (Å²) in [4.78, 5) is 28.2. The van der Waals surface area contributed by atoms with E-state index in [2.05, 4.69) is 15.6 Å². The maximum absolute atomic E-state index is 12.7. The van der Waals surface area contributed by atoms with E-state index in [0.717, 1.165) is 10.9 Å². The van der Waals surface area contributed by atoms with E-state index in [-0.39, 0.29) is 18.4 Å². The summed E-state index contributed by atoms with van der Waals surface area (Å²) >= 11 is 0. The molecular formula is C24H21N3O4. The third-order valence-electron chi connectivity index (χ3n) is 4.65. The van der Waals surface area contributed by atoms with Crippen molar-refractivity contribution >= 4 is 34.1 Å². The summed E-state index contributed by atoms with van der Waals surface area (Å²) < 4.78 is 10.8. The zero-order chi connectivity index (χ0) is 21.6. The summed E-state index contributed by atoms with van der Waals surface area (Å²) in [6.45, 7) is -0.204. The van der Waals surface area contributed by atoms with Crippen molar-refractivity contribution in [3.8, 4) is 11.5 Å². The number of aromatic nitrogens is 1. The highest BCUT2D eigenvalue weighted by molar-refractivity contribution is 6.08. The average molecular weight is 415 g/mol. The zero-order valence-corrected chi connectivity index (χ0v) is 16.8. The third-order valence-corrected chi connectivity index (χ3v) is 4.65. The highest BCUT2D eigenvalue weighted by atomic mass is 16.5. The molecular weight excluding hydrogens is 394 g/mol. The largest absolute Gasteiger partial charge is 0.493 e. The van der Waals surface area contributed by atoms with Gasteiger partial charge in [-0.05, 0) is 36.4 Å². The van der Waals surface area contributed by atoms with Crippen molar-refractivity contribution in [2.24, 2.45) is 0 Å². The van der Waals surface area contributed by atoms with Gasteiger partial charge in [0.25, 0.3) is 11.8 Å². The lowest BCUT2D eigenvalue weighted by molar-refractivity contribution is -0.118. The van der Waals surface area contributed by atoms with E-state index in [1.807, 2.05) is 30.3 Å². The van der Waals surface area contributed by atoms with Gasteiger partial charge in [-0.3, -0.25) is 9.59 Å². The monoisotopic (exact) mass is 415 g/mol. The van der Waals surface area contributed by atoms with Crippen LogP contribution in [0.3, 0.4) is 0 Å². The number of hydrogen-bond acceptors (Lipinski definition) is 4. The number of ether oxygens (including phenoxy) is 2. The van der Waals surface area contributed by atoms with Crippen LogP contribution in [-0.4, -0.2) is 30.5 Å². The molecule has 0 spiro atoms. The summed E-state index contributed by atoms with van der Waals surface area (Å²) in [7, 11) is 1.54. The Morgan fingerprint density at radius 1 is 0.839 bits per heavy atom. The van der Waals surface area contributed by atoms with E-state index in [0.29, 0.717) is 28.6 Å². The van der Waals surface area contributed by atoms with Crippen molar-refractivity contribution in [1.82, 2.24) is 4.98 Å². The van der Waals surface area contributed by atoms with Crippen LogP contribution in [0.2, 0.25) is 0 Å². The van der Waals surface area contributed by atoms with E-state index in [1.165, 1.54) is 7.11 Å². The Morgan fingerprint density at radius 2 is 1.48 bits per heavy atom. The molecule has 1 heterocycles. The number of rotatable bonds is 7. The highest BCUT2D eigenvalue weighted by Gasteiger charge is 2.14. The van der Waals surface area contributed by atoms with Crippen LogP contribution in [-0.2, 0) is 4.79 Å². The van der Waals surface area contributed by atoms with Gasteiger partial charge in [-0.15, -0.1) is 0 Å². The van der Waals surface area contributed by atoms with Crippen molar-refractivity contribution in [1.29, 1.82) is 0 Å². The molecule has 0 saturated carbocycles. The maximum Gasteiger partial charge on any atom is 0.272 e. The summed E-state index contributed by atoms with van der Waals surface area (Å²) in [5.74, 6) is 0.350. The molecule has 7 heteroatoms. The first kappa shape index (κ1) is 20.0. The van der Waals surface area contributed by atoms with Gasteiger partial charge >= 0.3 is 0 Å². The zero-order valence-electron chi connectivity index (χ0n) is 16.8. The fourth-order valence-corrected chi connectivity index (χ4v) is 3.15. The van der Waals surface area contributed by atoms with E-state index < -0.39 is 0 Å². The molecule has 0 aliphatic rings. The number of carbonyl (C=O) groups excluding carboxylic acids is 2.